The average Bonchev–Trinajstić information content (AvgIpc) is 3.29. The predicted molar refractivity (Wildman–Crippen MR) is 168 cm³/mol. The van der Waals surface area contributed by atoms with Crippen molar-refractivity contribution in [1.29, 1.82) is 0 Å². The zero-order valence-corrected chi connectivity index (χ0v) is 24.4. The van der Waals surface area contributed by atoms with E-state index < -0.39 is 0 Å². The highest BCUT2D eigenvalue weighted by atomic mass is 16.3. The minimum atomic E-state index is -0.239. The Morgan fingerprint density at radius 2 is 1.84 bits per heavy atom. The highest BCUT2D eigenvalue weighted by Gasteiger charge is 2.14. The summed E-state index contributed by atoms with van der Waals surface area (Å²) in [6, 6.07) is 6.98. The summed E-state index contributed by atoms with van der Waals surface area (Å²) in [5.74, 6) is 7.68. The molecule has 0 radical (unpaired) electrons. The Kier molecular flexibility index (Phi) is 9.94. The molecule has 6 N–H and O–H groups in total. The molecule has 0 saturated carbocycles. The van der Waals surface area contributed by atoms with E-state index in [1.165, 1.54) is 25.7 Å². The Morgan fingerprint density at radius 1 is 1.02 bits per heavy atom. The lowest BCUT2D eigenvalue weighted by molar-refractivity contribution is 0.0949. The first-order valence-electron chi connectivity index (χ1n) is 14.6. The van der Waals surface area contributed by atoms with Gasteiger partial charge in [0.05, 0.1) is 11.4 Å². The maximum atomic E-state index is 12.2. The fourth-order valence-corrected chi connectivity index (χ4v) is 4.74. The van der Waals surface area contributed by atoms with Crippen molar-refractivity contribution in [3.05, 3.63) is 78.0 Å². The number of aromatic nitrogens is 7. The van der Waals surface area contributed by atoms with Crippen LogP contribution < -0.4 is 21.7 Å². The van der Waals surface area contributed by atoms with Gasteiger partial charge in [0.15, 0.2) is 17.2 Å². The van der Waals surface area contributed by atoms with Crippen LogP contribution in [0.15, 0.2) is 60.8 Å². The molecular weight excluding hydrogens is 558 g/mol. The molecule has 1 aliphatic carbocycles. The topological polar surface area (TPSA) is 186 Å². The van der Waals surface area contributed by atoms with Crippen LogP contribution in [0.3, 0.4) is 0 Å². The van der Waals surface area contributed by atoms with E-state index in [1.807, 2.05) is 12.1 Å². The van der Waals surface area contributed by atoms with E-state index in [0.29, 0.717) is 47.1 Å². The number of fused-ring (bicyclic) bond motifs is 1. The van der Waals surface area contributed by atoms with Crippen LogP contribution in [0.1, 0.15) is 67.0 Å². The van der Waals surface area contributed by atoms with Crippen LogP contribution in [-0.4, -0.2) is 65.4 Å². The van der Waals surface area contributed by atoms with Crippen LogP contribution in [0.2, 0.25) is 0 Å². The summed E-state index contributed by atoms with van der Waals surface area (Å²) in [4.78, 5) is 27.5. The standard InChI is InChI=1S/C21H23N7O.C10H12N4O/c29-21(17-16-20-23-11-7-15-28(20)26-17)24-10-4-3-8-18-22-12-9-19(25-18)27-13-5-1-2-6-14-27;11-7-5-8(13-14-10(7)12)6-3-1-2-4-9(6)15/h7,9,11-12,15-16H,1-2,4-6,10,13-14H2,(H,24,29);3-5,15H,1-2H2,(H2,11,13)(H2,12,14). The van der Waals surface area contributed by atoms with Crippen LogP contribution in [0.5, 0.6) is 0 Å². The van der Waals surface area contributed by atoms with Gasteiger partial charge < -0.3 is 26.8 Å². The number of nitrogens with two attached hydrogens (primary N) is 2. The fourth-order valence-electron chi connectivity index (χ4n) is 4.74. The molecule has 1 amide bonds. The van der Waals surface area contributed by atoms with Crippen molar-refractivity contribution < 1.29 is 9.90 Å². The molecule has 0 atom stereocenters. The van der Waals surface area contributed by atoms with Gasteiger partial charge in [-0.05, 0) is 55.9 Å². The second kappa shape index (κ2) is 14.6. The van der Waals surface area contributed by atoms with Gasteiger partial charge in [0, 0.05) is 56.3 Å². The van der Waals surface area contributed by atoms with Crippen molar-refractivity contribution >= 4 is 34.5 Å². The zero-order chi connectivity index (χ0) is 30.7. The third kappa shape index (κ3) is 7.86. The van der Waals surface area contributed by atoms with E-state index in [-0.39, 0.29) is 17.5 Å². The smallest absolute Gasteiger partial charge is 0.271 e. The summed E-state index contributed by atoms with van der Waals surface area (Å²) in [5.41, 5.74) is 13.6. The number of hydrogen-bond acceptors (Lipinski definition) is 11. The zero-order valence-electron chi connectivity index (χ0n) is 24.4. The van der Waals surface area contributed by atoms with Crippen molar-refractivity contribution in [3.8, 4) is 11.8 Å². The van der Waals surface area contributed by atoms with Gasteiger partial charge in [-0.25, -0.2) is 19.5 Å². The van der Waals surface area contributed by atoms with Crippen molar-refractivity contribution in [1.82, 2.24) is 40.1 Å². The fraction of sp³-hybridized carbons (Fsp3) is 0.323. The molecule has 13 nitrogen and oxygen atoms in total. The van der Waals surface area contributed by atoms with Crippen molar-refractivity contribution in [3.63, 3.8) is 0 Å². The molecule has 0 unspecified atom stereocenters. The van der Waals surface area contributed by atoms with E-state index in [2.05, 4.69) is 52.3 Å². The SMILES string of the molecule is Nc1cc(C2=CCCC=C2O)nnc1N.O=C(NCCC#Cc1nccc(N2CCCCCC2)n1)c1cc2ncccn2n1. The minimum Gasteiger partial charge on any atom is -0.508 e. The van der Waals surface area contributed by atoms with Gasteiger partial charge >= 0.3 is 0 Å². The lowest BCUT2D eigenvalue weighted by Crippen LogP contribution is -2.25. The van der Waals surface area contributed by atoms with Crippen LogP contribution in [0, 0.1) is 11.8 Å². The molecule has 4 aromatic heterocycles. The quantitative estimate of drug-likeness (QED) is 0.196. The Balaban J connectivity index is 0.000000215. The van der Waals surface area contributed by atoms with E-state index in [1.54, 1.807) is 47.4 Å². The molecule has 226 valence electrons. The summed E-state index contributed by atoms with van der Waals surface area (Å²) in [7, 11) is 0. The normalized spacial score (nSPS) is 14.7. The second-order valence-electron chi connectivity index (χ2n) is 10.3. The summed E-state index contributed by atoms with van der Waals surface area (Å²) >= 11 is 0. The van der Waals surface area contributed by atoms with E-state index in [4.69, 9.17) is 11.5 Å². The largest absolute Gasteiger partial charge is 0.508 e. The monoisotopic (exact) mass is 593 g/mol. The predicted octanol–water partition coefficient (Wildman–Crippen LogP) is 3.33. The number of nitrogens with one attached hydrogen (secondary N) is 1. The molecule has 2 aliphatic rings. The van der Waals surface area contributed by atoms with Gasteiger partial charge in [-0.3, -0.25) is 4.79 Å². The minimum absolute atomic E-state index is 0.207. The molecular formula is C31H35N11O2. The van der Waals surface area contributed by atoms with Gasteiger partial charge in [0.2, 0.25) is 5.82 Å². The molecule has 44 heavy (non-hydrogen) atoms. The first-order chi connectivity index (χ1) is 21.5. The third-order valence-electron chi connectivity index (χ3n) is 7.03. The number of rotatable bonds is 5. The second-order valence-corrected chi connectivity index (χ2v) is 10.3. The number of hydrogen-bond donors (Lipinski definition) is 4. The van der Waals surface area contributed by atoms with Crippen LogP contribution >= 0.6 is 0 Å². The summed E-state index contributed by atoms with van der Waals surface area (Å²) < 4.78 is 1.57. The van der Waals surface area contributed by atoms with Gasteiger partial charge in [0.25, 0.3) is 5.91 Å². The summed E-state index contributed by atoms with van der Waals surface area (Å²) in [5, 5.41) is 24.3. The maximum Gasteiger partial charge on any atom is 0.271 e. The number of aliphatic hydroxyl groups is 1. The Hall–Kier alpha value is -5.51. The van der Waals surface area contributed by atoms with Crippen molar-refractivity contribution in [2.75, 3.05) is 36.0 Å². The highest BCUT2D eigenvalue weighted by Crippen LogP contribution is 2.26. The Labute approximate surface area is 255 Å². The number of amides is 1. The Morgan fingerprint density at radius 3 is 2.61 bits per heavy atom. The summed E-state index contributed by atoms with van der Waals surface area (Å²) in [6.45, 7) is 2.50. The van der Waals surface area contributed by atoms with Crippen molar-refractivity contribution in [2.24, 2.45) is 0 Å². The number of carbonyl (C=O) groups excluding carboxylic acids is 1. The van der Waals surface area contributed by atoms with Gasteiger partial charge in [-0.1, -0.05) is 24.8 Å². The lowest BCUT2D eigenvalue weighted by atomic mass is 10.0. The number of carbonyl (C=O) groups is 1. The van der Waals surface area contributed by atoms with Crippen LogP contribution in [0.4, 0.5) is 17.3 Å². The molecule has 13 heteroatoms. The number of nitrogen functional groups attached to an aromatic ring is 2. The van der Waals surface area contributed by atoms with Gasteiger partial charge in [-0.15, -0.1) is 10.2 Å². The van der Waals surface area contributed by atoms with Gasteiger partial charge in [0.1, 0.15) is 11.6 Å². The first-order valence-corrected chi connectivity index (χ1v) is 14.6. The number of aliphatic hydroxyl groups excluding tert-OH is 1. The van der Waals surface area contributed by atoms with Gasteiger partial charge in [-0.2, -0.15) is 5.10 Å². The maximum absolute atomic E-state index is 12.2. The molecule has 0 bridgehead atoms. The molecule has 1 fully saturated rings. The molecule has 1 aliphatic heterocycles. The lowest BCUT2D eigenvalue weighted by Gasteiger charge is -2.20. The molecule has 1 saturated heterocycles. The average molecular weight is 594 g/mol. The van der Waals surface area contributed by atoms with Crippen LogP contribution in [-0.2, 0) is 0 Å². The highest BCUT2D eigenvalue weighted by molar-refractivity contribution is 5.93. The third-order valence-corrected chi connectivity index (χ3v) is 7.03. The number of allylic oxidation sites excluding steroid dienone is 3. The molecule has 0 aromatic carbocycles. The molecule has 6 rings (SSSR count). The van der Waals surface area contributed by atoms with E-state index in [9.17, 15) is 9.90 Å². The van der Waals surface area contributed by atoms with Crippen LogP contribution in [0.25, 0.3) is 11.2 Å². The number of anilines is 3. The van der Waals surface area contributed by atoms with Crippen molar-refractivity contribution in [2.45, 2.75) is 44.9 Å². The summed E-state index contributed by atoms with van der Waals surface area (Å²) in [6.07, 6.45) is 16.0. The molecule has 0 spiro atoms. The first kappa shape index (κ1) is 30.0. The number of nitrogens with zero attached hydrogens (tertiary/aromatic N) is 8. The molecule has 5 heterocycles. The molecule has 4 aromatic rings. The Bertz CT molecular complexity index is 1690. The van der Waals surface area contributed by atoms with E-state index >= 15 is 0 Å². The van der Waals surface area contributed by atoms with E-state index in [0.717, 1.165) is 31.7 Å².